The highest BCUT2D eigenvalue weighted by molar-refractivity contribution is 7.84. The Labute approximate surface area is 96.5 Å². The van der Waals surface area contributed by atoms with Crippen molar-refractivity contribution in [3.63, 3.8) is 0 Å². The van der Waals surface area contributed by atoms with Gasteiger partial charge >= 0.3 is 0 Å². The van der Waals surface area contributed by atoms with Gasteiger partial charge in [-0.15, -0.1) is 0 Å². The second-order valence-corrected chi connectivity index (χ2v) is 4.94. The van der Waals surface area contributed by atoms with Crippen molar-refractivity contribution in [2.45, 2.75) is 19.0 Å². The third-order valence-electron chi connectivity index (χ3n) is 2.22. The summed E-state index contributed by atoms with van der Waals surface area (Å²) in [7, 11) is -1.04. The molecule has 1 aromatic heterocycles. The average molecular weight is 238 g/mol. The van der Waals surface area contributed by atoms with Crippen molar-refractivity contribution in [3.8, 4) is 5.75 Å². The van der Waals surface area contributed by atoms with E-state index in [0.717, 1.165) is 16.8 Å². The highest BCUT2D eigenvalue weighted by Crippen LogP contribution is 2.20. The van der Waals surface area contributed by atoms with Gasteiger partial charge in [0.15, 0.2) is 5.16 Å². The van der Waals surface area contributed by atoms with Crippen molar-refractivity contribution in [2.75, 3.05) is 12.4 Å². The van der Waals surface area contributed by atoms with E-state index in [-0.39, 0.29) is 0 Å². The maximum absolute atomic E-state index is 11.6. The minimum absolute atomic E-state index is 0.533. The van der Waals surface area contributed by atoms with E-state index in [0.29, 0.717) is 17.5 Å². The lowest BCUT2D eigenvalue weighted by Crippen LogP contribution is -1.95. The quantitative estimate of drug-likeness (QED) is 0.887. The Bertz CT molecular complexity index is 522. The van der Waals surface area contributed by atoms with E-state index in [1.54, 1.807) is 0 Å². The lowest BCUT2D eigenvalue weighted by molar-refractivity contribution is 0.340. The third kappa shape index (κ3) is 2.09. The van der Waals surface area contributed by atoms with Crippen LogP contribution in [0.4, 0.5) is 0 Å². The number of hydrogen-bond donors (Lipinski definition) is 1. The van der Waals surface area contributed by atoms with E-state index in [4.69, 9.17) is 4.74 Å². The Balaban J connectivity index is 2.41. The van der Waals surface area contributed by atoms with Gasteiger partial charge in [0.2, 0.25) is 0 Å². The van der Waals surface area contributed by atoms with Crippen LogP contribution in [0.5, 0.6) is 5.75 Å². The first-order valence-electron chi connectivity index (χ1n) is 5.25. The topological polar surface area (TPSA) is 55.0 Å². The van der Waals surface area contributed by atoms with Gasteiger partial charge in [0.25, 0.3) is 0 Å². The molecule has 0 radical (unpaired) electrons. The molecule has 4 nitrogen and oxygen atoms in total. The van der Waals surface area contributed by atoms with Crippen LogP contribution in [0, 0.1) is 0 Å². The van der Waals surface area contributed by atoms with Gasteiger partial charge in [0.05, 0.1) is 28.4 Å². The van der Waals surface area contributed by atoms with Crippen LogP contribution in [0.1, 0.15) is 13.8 Å². The van der Waals surface area contributed by atoms with Crippen LogP contribution >= 0.6 is 0 Å². The fourth-order valence-electron chi connectivity index (χ4n) is 1.47. The zero-order valence-corrected chi connectivity index (χ0v) is 10.1. The van der Waals surface area contributed by atoms with Gasteiger partial charge in [0, 0.05) is 11.8 Å². The molecule has 16 heavy (non-hydrogen) atoms. The smallest absolute Gasteiger partial charge is 0.197 e. The number of nitrogens with zero attached hydrogens (tertiary/aromatic N) is 1. The van der Waals surface area contributed by atoms with E-state index >= 15 is 0 Å². The number of benzene rings is 1. The predicted molar refractivity (Wildman–Crippen MR) is 64.2 cm³/mol. The number of imidazole rings is 1. The number of aromatic nitrogens is 2. The van der Waals surface area contributed by atoms with Gasteiger partial charge in [-0.2, -0.15) is 0 Å². The van der Waals surface area contributed by atoms with Crippen molar-refractivity contribution in [2.24, 2.45) is 0 Å². The first-order chi connectivity index (χ1) is 7.74. The Morgan fingerprint density at radius 1 is 1.44 bits per heavy atom. The van der Waals surface area contributed by atoms with Crippen LogP contribution in [0.2, 0.25) is 0 Å². The molecule has 0 aliphatic carbocycles. The molecule has 1 unspecified atom stereocenters. The van der Waals surface area contributed by atoms with Crippen LogP contribution < -0.4 is 4.74 Å². The summed E-state index contributed by atoms with van der Waals surface area (Å²) in [6.45, 7) is 4.44. The number of nitrogens with one attached hydrogen (secondary N) is 1. The van der Waals surface area contributed by atoms with Crippen LogP contribution in [-0.2, 0) is 10.8 Å². The summed E-state index contributed by atoms with van der Waals surface area (Å²) in [5.74, 6) is 1.37. The van der Waals surface area contributed by atoms with Crippen molar-refractivity contribution in [3.05, 3.63) is 18.2 Å². The van der Waals surface area contributed by atoms with E-state index in [2.05, 4.69) is 9.97 Å². The van der Waals surface area contributed by atoms with Gasteiger partial charge in [-0.1, -0.05) is 6.92 Å². The molecule has 1 aromatic carbocycles. The molecule has 0 spiro atoms. The van der Waals surface area contributed by atoms with Crippen LogP contribution in [-0.4, -0.2) is 26.5 Å². The number of hydrogen-bond acceptors (Lipinski definition) is 3. The van der Waals surface area contributed by atoms with Crippen molar-refractivity contribution >= 4 is 21.8 Å². The lowest BCUT2D eigenvalue weighted by atomic mass is 10.3. The lowest BCUT2D eigenvalue weighted by Gasteiger charge is -2.00. The molecule has 0 fully saturated rings. The summed E-state index contributed by atoms with van der Waals surface area (Å²) in [4.78, 5) is 7.33. The summed E-state index contributed by atoms with van der Waals surface area (Å²) < 4.78 is 17.0. The molecule has 0 bridgehead atoms. The monoisotopic (exact) mass is 238 g/mol. The number of ether oxygens (including phenoxy) is 1. The minimum Gasteiger partial charge on any atom is -0.494 e. The second-order valence-electron chi connectivity index (χ2n) is 3.29. The molecular formula is C11H14N2O2S. The molecule has 0 amide bonds. The first kappa shape index (κ1) is 11.1. The molecule has 86 valence electrons. The largest absolute Gasteiger partial charge is 0.494 e. The molecule has 1 atom stereocenters. The number of H-pyrrole nitrogens is 1. The third-order valence-corrected chi connectivity index (χ3v) is 3.37. The zero-order chi connectivity index (χ0) is 11.5. The molecule has 0 aliphatic heterocycles. The normalized spacial score (nSPS) is 12.9. The van der Waals surface area contributed by atoms with Crippen LogP contribution in [0.25, 0.3) is 11.0 Å². The predicted octanol–water partition coefficient (Wildman–Crippen LogP) is 2.09. The Morgan fingerprint density at radius 3 is 2.94 bits per heavy atom. The molecule has 2 aromatic rings. The Hall–Kier alpha value is -1.36. The van der Waals surface area contributed by atoms with Crippen LogP contribution in [0.3, 0.4) is 0 Å². The molecular weight excluding hydrogens is 224 g/mol. The van der Waals surface area contributed by atoms with Crippen molar-refractivity contribution < 1.29 is 8.95 Å². The fourth-order valence-corrected chi connectivity index (χ4v) is 2.16. The first-order valence-corrected chi connectivity index (χ1v) is 6.57. The van der Waals surface area contributed by atoms with E-state index < -0.39 is 10.8 Å². The molecule has 1 N–H and O–H groups in total. The summed E-state index contributed by atoms with van der Waals surface area (Å²) in [5, 5.41) is 0.533. The maximum Gasteiger partial charge on any atom is 0.197 e. The summed E-state index contributed by atoms with van der Waals surface area (Å²) in [6, 6.07) is 5.61. The summed E-state index contributed by atoms with van der Waals surface area (Å²) >= 11 is 0. The highest BCUT2D eigenvalue weighted by atomic mass is 32.2. The number of rotatable bonds is 4. The van der Waals surface area contributed by atoms with Gasteiger partial charge in [-0.05, 0) is 19.1 Å². The highest BCUT2D eigenvalue weighted by Gasteiger charge is 2.08. The Morgan fingerprint density at radius 2 is 2.25 bits per heavy atom. The van der Waals surface area contributed by atoms with Crippen molar-refractivity contribution in [1.29, 1.82) is 0 Å². The van der Waals surface area contributed by atoms with Gasteiger partial charge in [0.1, 0.15) is 5.75 Å². The minimum atomic E-state index is -1.04. The SMILES string of the molecule is CCOc1ccc2nc(S(=O)CC)[nH]c2c1. The summed E-state index contributed by atoms with van der Waals surface area (Å²) in [6.07, 6.45) is 0. The number of aromatic amines is 1. The average Bonchev–Trinajstić information content (AvgIpc) is 2.71. The van der Waals surface area contributed by atoms with Gasteiger partial charge < -0.3 is 9.72 Å². The van der Waals surface area contributed by atoms with Crippen molar-refractivity contribution in [1.82, 2.24) is 9.97 Å². The molecule has 0 saturated carbocycles. The molecule has 0 aliphatic rings. The number of fused-ring (bicyclic) bond motifs is 1. The van der Waals surface area contributed by atoms with Gasteiger partial charge in [-0.25, -0.2) is 4.98 Å². The van der Waals surface area contributed by atoms with E-state index in [1.165, 1.54) is 0 Å². The standard InChI is InChI=1S/C11H14N2O2S/c1-3-15-8-5-6-9-10(7-8)13-11(12-9)16(14)4-2/h5-7H,3-4H2,1-2H3,(H,12,13). The maximum atomic E-state index is 11.6. The fraction of sp³-hybridized carbons (Fsp3) is 0.364. The molecule has 5 heteroatoms. The van der Waals surface area contributed by atoms with E-state index in [1.807, 2.05) is 32.0 Å². The van der Waals surface area contributed by atoms with Gasteiger partial charge in [-0.3, -0.25) is 4.21 Å². The van der Waals surface area contributed by atoms with Crippen LogP contribution in [0.15, 0.2) is 23.4 Å². The molecule has 1 heterocycles. The molecule has 2 rings (SSSR count). The zero-order valence-electron chi connectivity index (χ0n) is 9.32. The second kappa shape index (κ2) is 4.65. The summed E-state index contributed by atoms with van der Waals surface area (Å²) in [5.41, 5.74) is 1.68. The molecule has 0 saturated heterocycles. The van der Waals surface area contributed by atoms with E-state index in [9.17, 15) is 4.21 Å². The Kier molecular flexibility index (Phi) is 3.24.